The molecule has 17 heavy (non-hydrogen) atoms. The fourth-order valence-corrected chi connectivity index (χ4v) is 2.30. The third-order valence-electron chi connectivity index (χ3n) is 3.21. The van der Waals surface area contributed by atoms with Crippen molar-refractivity contribution in [3.05, 3.63) is 35.4 Å². The van der Waals surface area contributed by atoms with Crippen LogP contribution in [-0.2, 0) is 6.42 Å². The molecule has 1 fully saturated rings. The molecule has 0 aromatic heterocycles. The molecule has 0 heterocycles. The quantitative estimate of drug-likeness (QED) is 0.803. The van der Waals surface area contributed by atoms with Crippen molar-refractivity contribution in [3.63, 3.8) is 0 Å². The second-order valence-corrected chi connectivity index (χ2v) is 4.92. The Morgan fingerprint density at radius 1 is 1.24 bits per heavy atom. The van der Waals surface area contributed by atoms with Gasteiger partial charge in [0.25, 0.3) is 0 Å². The largest absolute Gasteiger partial charge is 0.314 e. The van der Waals surface area contributed by atoms with Crippen LogP contribution < -0.4 is 5.32 Å². The molecular formula is C14H19F2N. The van der Waals surface area contributed by atoms with Crippen molar-refractivity contribution in [2.45, 2.75) is 38.6 Å². The van der Waals surface area contributed by atoms with Gasteiger partial charge in [-0.25, -0.2) is 8.78 Å². The topological polar surface area (TPSA) is 12.0 Å². The van der Waals surface area contributed by atoms with Gasteiger partial charge in [0, 0.05) is 12.1 Å². The van der Waals surface area contributed by atoms with Crippen LogP contribution in [-0.4, -0.2) is 12.6 Å². The Morgan fingerprint density at radius 3 is 2.41 bits per heavy atom. The van der Waals surface area contributed by atoms with Crippen LogP contribution in [0.2, 0.25) is 0 Å². The normalized spacial score (nSPS) is 17.1. The zero-order valence-electron chi connectivity index (χ0n) is 10.2. The van der Waals surface area contributed by atoms with Gasteiger partial charge in [0.15, 0.2) is 0 Å². The van der Waals surface area contributed by atoms with E-state index in [1.165, 1.54) is 25.0 Å². The van der Waals surface area contributed by atoms with E-state index >= 15 is 0 Å². The minimum absolute atomic E-state index is 0.341. The van der Waals surface area contributed by atoms with Gasteiger partial charge in [0.2, 0.25) is 0 Å². The lowest BCUT2D eigenvalue weighted by Crippen LogP contribution is -2.31. The standard InChI is InChI=1S/C14H19F2N/c1-2-17-14(7-10-3-4-10)8-11-5-12(15)9-13(16)6-11/h5-6,9-10,14,17H,2-4,7-8H2,1H3. The first kappa shape index (κ1) is 12.5. The van der Waals surface area contributed by atoms with E-state index in [0.717, 1.165) is 30.5 Å². The summed E-state index contributed by atoms with van der Waals surface area (Å²) in [7, 11) is 0. The van der Waals surface area contributed by atoms with Crippen molar-refractivity contribution in [1.29, 1.82) is 0 Å². The van der Waals surface area contributed by atoms with Gasteiger partial charge in [-0.1, -0.05) is 19.8 Å². The van der Waals surface area contributed by atoms with Gasteiger partial charge in [0.05, 0.1) is 0 Å². The number of halogens is 2. The van der Waals surface area contributed by atoms with Gasteiger partial charge in [-0.3, -0.25) is 0 Å². The van der Waals surface area contributed by atoms with E-state index in [9.17, 15) is 8.78 Å². The Kier molecular flexibility index (Phi) is 4.11. The van der Waals surface area contributed by atoms with Crippen LogP contribution in [0.15, 0.2) is 18.2 Å². The molecule has 1 nitrogen and oxygen atoms in total. The maximum Gasteiger partial charge on any atom is 0.126 e. The monoisotopic (exact) mass is 239 g/mol. The van der Waals surface area contributed by atoms with E-state index in [1.807, 2.05) is 0 Å². The lowest BCUT2D eigenvalue weighted by Gasteiger charge is -2.17. The molecule has 1 aliphatic carbocycles. The highest BCUT2D eigenvalue weighted by molar-refractivity contribution is 5.19. The van der Waals surface area contributed by atoms with Crippen molar-refractivity contribution in [1.82, 2.24) is 5.32 Å². The van der Waals surface area contributed by atoms with E-state index in [2.05, 4.69) is 12.2 Å². The molecule has 0 spiro atoms. The number of nitrogens with one attached hydrogen (secondary N) is 1. The number of likely N-dealkylation sites (N-methyl/N-ethyl adjacent to an activating group) is 1. The molecule has 0 amide bonds. The summed E-state index contributed by atoms with van der Waals surface area (Å²) in [5.74, 6) is -0.152. The number of benzene rings is 1. The van der Waals surface area contributed by atoms with Gasteiger partial charge >= 0.3 is 0 Å². The third kappa shape index (κ3) is 4.08. The van der Waals surface area contributed by atoms with Gasteiger partial charge < -0.3 is 5.32 Å². The summed E-state index contributed by atoms with van der Waals surface area (Å²) < 4.78 is 26.2. The Hall–Kier alpha value is -0.960. The minimum atomic E-state index is -0.485. The Labute approximate surface area is 101 Å². The van der Waals surface area contributed by atoms with Crippen LogP contribution in [0.4, 0.5) is 8.78 Å². The molecule has 3 heteroatoms. The van der Waals surface area contributed by atoms with E-state index in [4.69, 9.17) is 0 Å². The van der Waals surface area contributed by atoms with Gasteiger partial charge in [-0.15, -0.1) is 0 Å². The Bertz CT molecular complexity index is 354. The van der Waals surface area contributed by atoms with Gasteiger partial charge in [-0.2, -0.15) is 0 Å². The molecule has 0 aliphatic heterocycles. The molecule has 94 valence electrons. The average molecular weight is 239 g/mol. The van der Waals surface area contributed by atoms with E-state index < -0.39 is 11.6 Å². The lowest BCUT2D eigenvalue weighted by molar-refractivity contribution is 0.463. The second-order valence-electron chi connectivity index (χ2n) is 4.92. The molecule has 0 radical (unpaired) electrons. The first-order valence-electron chi connectivity index (χ1n) is 6.35. The first-order valence-corrected chi connectivity index (χ1v) is 6.35. The highest BCUT2D eigenvalue weighted by atomic mass is 19.1. The average Bonchev–Trinajstić information content (AvgIpc) is 3.00. The lowest BCUT2D eigenvalue weighted by atomic mass is 10.0. The van der Waals surface area contributed by atoms with Crippen molar-refractivity contribution in [2.24, 2.45) is 5.92 Å². The van der Waals surface area contributed by atoms with Crippen LogP contribution in [0.5, 0.6) is 0 Å². The SMILES string of the molecule is CCNC(Cc1cc(F)cc(F)c1)CC1CC1. The summed E-state index contributed by atoms with van der Waals surface area (Å²) in [5.41, 5.74) is 0.745. The summed E-state index contributed by atoms with van der Waals surface area (Å²) in [6.07, 6.45) is 4.43. The summed E-state index contributed by atoms with van der Waals surface area (Å²) in [6, 6.07) is 4.13. The summed E-state index contributed by atoms with van der Waals surface area (Å²) >= 11 is 0. The zero-order chi connectivity index (χ0) is 12.3. The van der Waals surface area contributed by atoms with Gasteiger partial charge in [0.1, 0.15) is 11.6 Å². The first-order chi connectivity index (χ1) is 8.17. The highest BCUT2D eigenvalue weighted by Gasteiger charge is 2.25. The van der Waals surface area contributed by atoms with Crippen molar-refractivity contribution < 1.29 is 8.78 Å². The Balaban J connectivity index is 1.99. The van der Waals surface area contributed by atoms with Crippen molar-refractivity contribution in [2.75, 3.05) is 6.54 Å². The fourth-order valence-electron chi connectivity index (χ4n) is 2.30. The predicted molar refractivity (Wildman–Crippen MR) is 64.9 cm³/mol. The van der Waals surface area contributed by atoms with E-state index in [0.29, 0.717) is 12.5 Å². The highest BCUT2D eigenvalue weighted by Crippen LogP contribution is 2.34. The smallest absolute Gasteiger partial charge is 0.126 e. The molecule has 1 aromatic carbocycles. The van der Waals surface area contributed by atoms with Crippen LogP contribution >= 0.6 is 0 Å². The molecular weight excluding hydrogens is 220 g/mol. The third-order valence-corrected chi connectivity index (χ3v) is 3.21. The van der Waals surface area contributed by atoms with Crippen molar-refractivity contribution >= 4 is 0 Å². The molecule has 0 saturated heterocycles. The molecule has 1 aliphatic rings. The zero-order valence-corrected chi connectivity index (χ0v) is 10.2. The fraction of sp³-hybridized carbons (Fsp3) is 0.571. The van der Waals surface area contributed by atoms with Gasteiger partial charge in [-0.05, 0) is 43.0 Å². The van der Waals surface area contributed by atoms with Crippen LogP contribution in [0.3, 0.4) is 0 Å². The van der Waals surface area contributed by atoms with E-state index in [-0.39, 0.29) is 0 Å². The molecule has 1 unspecified atom stereocenters. The van der Waals surface area contributed by atoms with Crippen molar-refractivity contribution in [3.8, 4) is 0 Å². The molecule has 2 rings (SSSR count). The molecule has 1 aromatic rings. The number of hydrogen-bond donors (Lipinski definition) is 1. The van der Waals surface area contributed by atoms with Crippen LogP contribution in [0, 0.1) is 17.6 Å². The summed E-state index contributed by atoms with van der Waals surface area (Å²) in [4.78, 5) is 0. The molecule has 0 bridgehead atoms. The Morgan fingerprint density at radius 2 is 1.88 bits per heavy atom. The number of rotatable bonds is 6. The minimum Gasteiger partial charge on any atom is -0.314 e. The maximum atomic E-state index is 13.1. The molecule has 1 atom stereocenters. The molecule has 1 saturated carbocycles. The number of hydrogen-bond acceptors (Lipinski definition) is 1. The summed E-state index contributed by atoms with van der Waals surface area (Å²) in [5, 5.41) is 3.40. The van der Waals surface area contributed by atoms with Crippen LogP contribution in [0.1, 0.15) is 31.7 Å². The molecule has 1 N–H and O–H groups in total. The predicted octanol–water partition coefficient (Wildman–Crippen LogP) is 3.29. The second kappa shape index (κ2) is 5.58. The maximum absolute atomic E-state index is 13.1. The van der Waals surface area contributed by atoms with Crippen LogP contribution in [0.25, 0.3) is 0 Å². The summed E-state index contributed by atoms with van der Waals surface area (Å²) in [6.45, 7) is 2.96. The van der Waals surface area contributed by atoms with E-state index in [1.54, 1.807) is 0 Å².